The molecule has 2 rings (SSSR count). The second kappa shape index (κ2) is 3.99. The van der Waals surface area contributed by atoms with Gasteiger partial charge in [0.2, 0.25) is 0 Å². The lowest BCUT2D eigenvalue weighted by atomic mass is 9.76. The lowest BCUT2D eigenvalue weighted by molar-refractivity contribution is 0.255. The minimum Gasteiger partial charge on any atom is -0.327 e. The van der Waals surface area contributed by atoms with Gasteiger partial charge in [-0.1, -0.05) is 22.0 Å². The summed E-state index contributed by atoms with van der Waals surface area (Å²) >= 11 is 3.37. The molecule has 1 aromatic carbocycles. The number of nitrogens with two attached hydrogens (primary N) is 1. The molecule has 0 amide bonds. The van der Waals surface area contributed by atoms with E-state index < -0.39 is 0 Å². The third kappa shape index (κ3) is 1.98. The number of hydrogen-bond donors (Lipinski definition) is 1. The highest BCUT2D eigenvalue weighted by atomic mass is 79.9. The molecule has 1 aliphatic rings. The molecule has 0 bridgehead atoms. The Balaban J connectivity index is 2.09. The van der Waals surface area contributed by atoms with Crippen molar-refractivity contribution >= 4 is 15.9 Å². The van der Waals surface area contributed by atoms with Crippen LogP contribution in [0.3, 0.4) is 0 Å². The van der Waals surface area contributed by atoms with Crippen LogP contribution >= 0.6 is 15.9 Å². The topological polar surface area (TPSA) is 26.0 Å². The minimum absolute atomic E-state index is 0.196. The summed E-state index contributed by atoms with van der Waals surface area (Å²) in [5, 5.41) is 0. The molecule has 3 heteroatoms. The molecule has 1 nitrogen and oxygen atoms in total. The smallest absolute Gasteiger partial charge is 0.124 e. The van der Waals surface area contributed by atoms with E-state index in [2.05, 4.69) is 15.9 Å². The summed E-state index contributed by atoms with van der Waals surface area (Å²) in [6, 6.07) is 5.20. The first-order chi connectivity index (χ1) is 6.66. The van der Waals surface area contributed by atoms with Crippen molar-refractivity contribution in [1.82, 2.24) is 0 Å². The van der Waals surface area contributed by atoms with Gasteiger partial charge in [0.1, 0.15) is 5.82 Å². The number of hydrogen-bond acceptors (Lipinski definition) is 1. The van der Waals surface area contributed by atoms with Gasteiger partial charge in [-0.3, -0.25) is 0 Å². The molecule has 2 atom stereocenters. The zero-order valence-corrected chi connectivity index (χ0v) is 9.43. The average Bonchev–Trinajstić information content (AvgIpc) is 2.14. The van der Waals surface area contributed by atoms with Crippen molar-refractivity contribution in [3.63, 3.8) is 0 Å². The highest BCUT2D eigenvalue weighted by molar-refractivity contribution is 9.10. The molecular formula is C11H13BrFN. The maximum atomic E-state index is 12.8. The fourth-order valence-electron chi connectivity index (χ4n) is 1.82. The van der Waals surface area contributed by atoms with Gasteiger partial charge in [-0.25, -0.2) is 4.39 Å². The number of benzene rings is 1. The molecule has 1 saturated carbocycles. The van der Waals surface area contributed by atoms with Gasteiger partial charge in [0.25, 0.3) is 0 Å². The monoisotopic (exact) mass is 257 g/mol. The predicted octanol–water partition coefficient (Wildman–Crippen LogP) is 2.87. The lowest BCUT2D eigenvalue weighted by Crippen LogP contribution is -2.40. The van der Waals surface area contributed by atoms with Crippen LogP contribution in [0.2, 0.25) is 0 Å². The zero-order valence-electron chi connectivity index (χ0n) is 7.84. The fraction of sp³-hybridized carbons (Fsp3) is 0.455. The summed E-state index contributed by atoms with van der Waals surface area (Å²) in [6.07, 6.45) is 3.29. The highest BCUT2D eigenvalue weighted by Crippen LogP contribution is 2.31. The van der Waals surface area contributed by atoms with Crippen molar-refractivity contribution < 1.29 is 4.39 Å². The summed E-state index contributed by atoms with van der Waals surface area (Å²) in [6.45, 7) is 0. The van der Waals surface area contributed by atoms with Crippen LogP contribution in [0.4, 0.5) is 4.39 Å². The summed E-state index contributed by atoms with van der Waals surface area (Å²) in [7, 11) is 0. The molecule has 1 fully saturated rings. The van der Waals surface area contributed by atoms with E-state index in [0.717, 1.165) is 22.9 Å². The Morgan fingerprint density at radius 1 is 1.43 bits per heavy atom. The number of halogens is 2. The maximum Gasteiger partial charge on any atom is 0.124 e. The van der Waals surface area contributed by atoms with E-state index >= 15 is 0 Å². The summed E-state index contributed by atoms with van der Waals surface area (Å²) in [4.78, 5) is 0. The Kier molecular flexibility index (Phi) is 2.88. The van der Waals surface area contributed by atoms with Crippen LogP contribution in [-0.2, 0) is 6.42 Å². The third-order valence-electron chi connectivity index (χ3n) is 2.97. The van der Waals surface area contributed by atoms with Crippen LogP contribution in [0.25, 0.3) is 0 Å². The van der Waals surface area contributed by atoms with Gasteiger partial charge >= 0.3 is 0 Å². The zero-order chi connectivity index (χ0) is 10.1. The normalized spacial score (nSPS) is 25.9. The lowest BCUT2D eigenvalue weighted by Gasteiger charge is -2.33. The molecule has 0 saturated heterocycles. The number of rotatable bonds is 2. The molecule has 1 aromatic rings. The van der Waals surface area contributed by atoms with Crippen molar-refractivity contribution in [2.75, 3.05) is 0 Å². The van der Waals surface area contributed by atoms with E-state index in [-0.39, 0.29) is 5.82 Å². The second-order valence-electron chi connectivity index (χ2n) is 3.94. The van der Waals surface area contributed by atoms with Gasteiger partial charge in [-0.2, -0.15) is 0 Å². The largest absolute Gasteiger partial charge is 0.327 e. The third-order valence-corrected chi connectivity index (χ3v) is 3.71. The minimum atomic E-state index is -0.196. The van der Waals surface area contributed by atoms with Crippen LogP contribution < -0.4 is 5.73 Å². The van der Waals surface area contributed by atoms with Crippen LogP contribution in [-0.4, -0.2) is 6.04 Å². The van der Waals surface area contributed by atoms with Crippen molar-refractivity contribution in [2.24, 2.45) is 11.7 Å². The molecular weight excluding hydrogens is 245 g/mol. The average molecular weight is 258 g/mol. The molecule has 2 unspecified atom stereocenters. The Labute approximate surface area is 91.6 Å². The van der Waals surface area contributed by atoms with Gasteiger partial charge < -0.3 is 5.73 Å². The first-order valence-corrected chi connectivity index (χ1v) is 5.65. The first kappa shape index (κ1) is 10.1. The van der Waals surface area contributed by atoms with Gasteiger partial charge in [-0.15, -0.1) is 0 Å². The van der Waals surface area contributed by atoms with E-state index in [4.69, 9.17) is 5.73 Å². The van der Waals surface area contributed by atoms with Crippen LogP contribution in [0.15, 0.2) is 22.7 Å². The summed E-state index contributed by atoms with van der Waals surface area (Å²) < 4.78 is 13.7. The maximum absolute atomic E-state index is 12.8. The van der Waals surface area contributed by atoms with Crippen LogP contribution in [0.5, 0.6) is 0 Å². The molecule has 0 heterocycles. The van der Waals surface area contributed by atoms with Crippen molar-refractivity contribution in [3.8, 4) is 0 Å². The molecule has 76 valence electrons. The van der Waals surface area contributed by atoms with E-state index in [1.807, 2.05) is 6.07 Å². The van der Waals surface area contributed by atoms with Crippen LogP contribution in [0, 0.1) is 11.7 Å². The fourth-order valence-corrected chi connectivity index (χ4v) is 2.33. The molecule has 0 aromatic heterocycles. The highest BCUT2D eigenvalue weighted by Gasteiger charge is 2.27. The van der Waals surface area contributed by atoms with Gasteiger partial charge in [-0.05, 0) is 42.9 Å². The molecule has 0 spiro atoms. The van der Waals surface area contributed by atoms with Gasteiger partial charge in [0, 0.05) is 10.5 Å². The van der Waals surface area contributed by atoms with E-state index in [9.17, 15) is 4.39 Å². The van der Waals surface area contributed by atoms with E-state index in [1.54, 1.807) is 0 Å². The van der Waals surface area contributed by atoms with Gasteiger partial charge in [0.15, 0.2) is 0 Å². The predicted molar refractivity (Wildman–Crippen MR) is 58.5 cm³/mol. The van der Waals surface area contributed by atoms with Crippen molar-refractivity contribution in [1.29, 1.82) is 0 Å². The Morgan fingerprint density at radius 3 is 2.71 bits per heavy atom. The van der Waals surface area contributed by atoms with E-state index in [1.165, 1.54) is 18.6 Å². The Bertz CT molecular complexity index is 340. The first-order valence-electron chi connectivity index (χ1n) is 4.86. The SMILES string of the molecule is NC1CCC1Cc1ccc(F)cc1Br. The molecule has 0 aliphatic heterocycles. The molecule has 2 N–H and O–H groups in total. The second-order valence-corrected chi connectivity index (χ2v) is 4.80. The van der Waals surface area contributed by atoms with Crippen molar-refractivity contribution in [3.05, 3.63) is 34.1 Å². The molecule has 1 aliphatic carbocycles. The molecule has 0 radical (unpaired) electrons. The summed E-state index contributed by atoms with van der Waals surface area (Å²) in [5.74, 6) is 0.385. The molecule has 14 heavy (non-hydrogen) atoms. The van der Waals surface area contributed by atoms with Gasteiger partial charge in [0.05, 0.1) is 0 Å². The Morgan fingerprint density at radius 2 is 2.21 bits per heavy atom. The quantitative estimate of drug-likeness (QED) is 0.867. The summed E-state index contributed by atoms with van der Waals surface area (Å²) in [5.41, 5.74) is 7.02. The van der Waals surface area contributed by atoms with E-state index in [0.29, 0.717) is 12.0 Å². The van der Waals surface area contributed by atoms with Crippen molar-refractivity contribution in [2.45, 2.75) is 25.3 Å². The standard InChI is InChI=1S/C11H13BrFN/c12-10-6-9(13)3-1-7(10)5-8-2-4-11(8)14/h1,3,6,8,11H,2,4-5,14H2. The Hall–Kier alpha value is -0.410. The van der Waals surface area contributed by atoms with Crippen LogP contribution in [0.1, 0.15) is 18.4 Å².